The van der Waals surface area contributed by atoms with E-state index in [0.717, 1.165) is 28.9 Å². The molecule has 0 atom stereocenters. The first-order valence-corrected chi connectivity index (χ1v) is 7.98. The van der Waals surface area contributed by atoms with Gasteiger partial charge in [0.15, 0.2) is 6.29 Å². The third-order valence-electron chi connectivity index (χ3n) is 3.70. The lowest BCUT2D eigenvalue weighted by atomic mass is 10.2. The van der Waals surface area contributed by atoms with Crippen LogP contribution in [-0.2, 0) is 13.2 Å². The van der Waals surface area contributed by atoms with Crippen molar-refractivity contribution in [3.63, 3.8) is 0 Å². The number of aryl methyl sites for hydroxylation is 1. The molecule has 2 aromatic carbocycles. The molecule has 0 aliphatic rings. The SMILES string of the molecule is Cc1cc(C=O)nn1Cc1cc(Cl)ccc1OCc1ccccc1. The molecule has 0 N–H and O–H groups in total. The number of hydrogen-bond donors (Lipinski definition) is 0. The third kappa shape index (κ3) is 3.84. The molecule has 3 aromatic rings. The minimum atomic E-state index is 0.418. The maximum absolute atomic E-state index is 10.9. The Morgan fingerprint density at radius 2 is 1.96 bits per heavy atom. The summed E-state index contributed by atoms with van der Waals surface area (Å²) in [6, 6.07) is 17.3. The molecule has 1 heterocycles. The van der Waals surface area contributed by atoms with Crippen LogP contribution in [0.3, 0.4) is 0 Å². The zero-order chi connectivity index (χ0) is 16.9. The van der Waals surface area contributed by atoms with Gasteiger partial charge in [-0.05, 0) is 36.8 Å². The minimum absolute atomic E-state index is 0.418. The molecule has 122 valence electrons. The lowest BCUT2D eigenvalue weighted by Gasteiger charge is -2.13. The quantitative estimate of drug-likeness (QED) is 0.629. The molecule has 0 saturated heterocycles. The molecule has 0 radical (unpaired) electrons. The second-order valence-electron chi connectivity index (χ2n) is 5.51. The summed E-state index contributed by atoms with van der Waals surface area (Å²) in [6.07, 6.45) is 0.744. The van der Waals surface area contributed by atoms with Gasteiger partial charge in [0.1, 0.15) is 18.1 Å². The van der Waals surface area contributed by atoms with Crippen LogP contribution in [0.1, 0.15) is 27.3 Å². The Morgan fingerprint density at radius 3 is 2.67 bits per heavy atom. The summed E-state index contributed by atoms with van der Waals surface area (Å²) in [7, 11) is 0. The third-order valence-corrected chi connectivity index (χ3v) is 3.94. The van der Waals surface area contributed by atoms with E-state index in [0.29, 0.717) is 23.9 Å². The summed E-state index contributed by atoms with van der Waals surface area (Å²) in [5, 5.41) is 4.90. The van der Waals surface area contributed by atoms with E-state index in [2.05, 4.69) is 5.10 Å². The zero-order valence-corrected chi connectivity index (χ0v) is 14.0. The number of benzene rings is 2. The highest BCUT2D eigenvalue weighted by atomic mass is 35.5. The van der Waals surface area contributed by atoms with Crippen molar-refractivity contribution in [2.24, 2.45) is 0 Å². The summed E-state index contributed by atoms with van der Waals surface area (Å²) < 4.78 is 7.72. The van der Waals surface area contributed by atoms with Crippen molar-refractivity contribution >= 4 is 17.9 Å². The fourth-order valence-corrected chi connectivity index (χ4v) is 2.66. The normalized spacial score (nSPS) is 10.6. The molecule has 0 spiro atoms. The fraction of sp³-hybridized carbons (Fsp3) is 0.158. The van der Waals surface area contributed by atoms with Crippen molar-refractivity contribution in [2.45, 2.75) is 20.1 Å². The zero-order valence-electron chi connectivity index (χ0n) is 13.3. The van der Waals surface area contributed by atoms with E-state index < -0.39 is 0 Å². The first-order chi connectivity index (χ1) is 11.7. The van der Waals surface area contributed by atoms with E-state index in [1.807, 2.05) is 49.4 Å². The number of carbonyl (C=O) groups excluding carboxylic acids is 1. The molecular formula is C19H17ClN2O2. The van der Waals surface area contributed by atoms with E-state index in [1.165, 1.54) is 0 Å². The highest BCUT2D eigenvalue weighted by Gasteiger charge is 2.10. The van der Waals surface area contributed by atoms with Crippen LogP contribution in [0, 0.1) is 6.92 Å². The monoisotopic (exact) mass is 340 g/mol. The number of carbonyl (C=O) groups is 1. The Kier molecular flexibility index (Phi) is 4.96. The van der Waals surface area contributed by atoms with Crippen LogP contribution in [0.4, 0.5) is 0 Å². The van der Waals surface area contributed by atoms with E-state index in [9.17, 15) is 4.79 Å². The molecule has 3 rings (SSSR count). The molecule has 4 nitrogen and oxygen atoms in total. The van der Waals surface area contributed by atoms with E-state index in [-0.39, 0.29) is 0 Å². The first kappa shape index (κ1) is 16.3. The highest BCUT2D eigenvalue weighted by molar-refractivity contribution is 6.30. The largest absolute Gasteiger partial charge is 0.489 e. The van der Waals surface area contributed by atoms with Crippen LogP contribution in [0.5, 0.6) is 5.75 Å². The van der Waals surface area contributed by atoms with Crippen LogP contribution in [0.15, 0.2) is 54.6 Å². The Morgan fingerprint density at radius 1 is 1.17 bits per heavy atom. The van der Waals surface area contributed by atoms with Gasteiger partial charge < -0.3 is 4.74 Å². The van der Waals surface area contributed by atoms with Crippen molar-refractivity contribution in [2.75, 3.05) is 0 Å². The van der Waals surface area contributed by atoms with Crippen LogP contribution < -0.4 is 4.74 Å². The number of aldehydes is 1. The molecule has 0 aliphatic carbocycles. The second kappa shape index (κ2) is 7.32. The second-order valence-corrected chi connectivity index (χ2v) is 5.95. The average Bonchev–Trinajstić information content (AvgIpc) is 2.95. The van der Waals surface area contributed by atoms with Gasteiger partial charge in [-0.1, -0.05) is 41.9 Å². The van der Waals surface area contributed by atoms with Crippen molar-refractivity contribution in [3.05, 3.63) is 82.1 Å². The number of aromatic nitrogens is 2. The maximum atomic E-state index is 10.9. The van der Waals surface area contributed by atoms with Gasteiger partial charge in [-0.25, -0.2) is 0 Å². The lowest BCUT2D eigenvalue weighted by Crippen LogP contribution is -2.07. The smallest absolute Gasteiger partial charge is 0.170 e. The Bertz CT molecular complexity index is 844. The van der Waals surface area contributed by atoms with Gasteiger partial charge >= 0.3 is 0 Å². The molecule has 0 saturated carbocycles. The van der Waals surface area contributed by atoms with Crippen molar-refractivity contribution in [3.8, 4) is 5.75 Å². The molecule has 0 bridgehead atoms. The number of ether oxygens (including phenoxy) is 1. The standard InChI is InChI=1S/C19H17ClN2O2/c1-14-9-18(12-23)21-22(14)11-16-10-17(20)7-8-19(16)24-13-15-5-3-2-4-6-15/h2-10,12H,11,13H2,1H3. The first-order valence-electron chi connectivity index (χ1n) is 7.60. The number of nitrogens with zero attached hydrogens (tertiary/aromatic N) is 2. The summed E-state index contributed by atoms with van der Waals surface area (Å²) in [5.74, 6) is 0.755. The lowest BCUT2D eigenvalue weighted by molar-refractivity contribution is 0.111. The summed E-state index contributed by atoms with van der Waals surface area (Å²) in [5.41, 5.74) is 3.34. The molecule has 5 heteroatoms. The Balaban J connectivity index is 1.82. The molecule has 0 fully saturated rings. The van der Waals surface area contributed by atoms with E-state index in [1.54, 1.807) is 16.8 Å². The predicted molar refractivity (Wildman–Crippen MR) is 93.7 cm³/mol. The van der Waals surface area contributed by atoms with Gasteiger partial charge in [-0.3, -0.25) is 9.48 Å². The summed E-state index contributed by atoms with van der Waals surface area (Å²) in [6.45, 7) is 2.88. The van der Waals surface area contributed by atoms with Crippen LogP contribution in [-0.4, -0.2) is 16.1 Å². The Labute approximate surface area is 145 Å². The maximum Gasteiger partial charge on any atom is 0.170 e. The van der Waals surface area contributed by atoms with Gasteiger partial charge in [-0.15, -0.1) is 0 Å². The van der Waals surface area contributed by atoms with Gasteiger partial charge in [-0.2, -0.15) is 5.10 Å². The predicted octanol–water partition coefficient (Wildman–Crippen LogP) is 4.28. The van der Waals surface area contributed by atoms with E-state index >= 15 is 0 Å². The number of rotatable bonds is 6. The molecule has 1 aromatic heterocycles. The van der Waals surface area contributed by atoms with Crippen molar-refractivity contribution < 1.29 is 9.53 Å². The van der Waals surface area contributed by atoms with Crippen molar-refractivity contribution in [1.82, 2.24) is 9.78 Å². The van der Waals surface area contributed by atoms with Crippen molar-refractivity contribution in [1.29, 1.82) is 0 Å². The van der Waals surface area contributed by atoms with Gasteiger partial charge in [0.05, 0.1) is 6.54 Å². The molecule has 24 heavy (non-hydrogen) atoms. The van der Waals surface area contributed by atoms with Crippen LogP contribution in [0.25, 0.3) is 0 Å². The van der Waals surface area contributed by atoms with Gasteiger partial charge in [0, 0.05) is 16.3 Å². The molecule has 0 amide bonds. The van der Waals surface area contributed by atoms with E-state index in [4.69, 9.17) is 16.3 Å². The highest BCUT2D eigenvalue weighted by Crippen LogP contribution is 2.25. The van der Waals surface area contributed by atoms with Gasteiger partial charge in [0.25, 0.3) is 0 Å². The molecule has 0 aliphatic heterocycles. The average molecular weight is 341 g/mol. The summed E-state index contributed by atoms with van der Waals surface area (Å²) >= 11 is 6.13. The molecular weight excluding hydrogens is 324 g/mol. The summed E-state index contributed by atoms with van der Waals surface area (Å²) in [4.78, 5) is 10.9. The topological polar surface area (TPSA) is 44.1 Å². The molecule has 0 unspecified atom stereocenters. The van der Waals surface area contributed by atoms with Crippen LogP contribution in [0.2, 0.25) is 5.02 Å². The Hall–Kier alpha value is -2.59. The number of hydrogen-bond acceptors (Lipinski definition) is 3. The van der Waals surface area contributed by atoms with Gasteiger partial charge in [0.2, 0.25) is 0 Å². The number of halogens is 1. The fourth-order valence-electron chi connectivity index (χ4n) is 2.46. The minimum Gasteiger partial charge on any atom is -0.489 e. The van der Waals surface area contributed by atoms with Crippen LogP contribution >= 0.6 is 11.6 Å².